The first-order valence-corrected chi connectivity index (χ1v) is 9.00. The lowest BCUT2D eigenvalue weighted by Gasteiger charge is -2.31. The second-order valence-corrected chi connectivity index (χ2v) is 7.30. The molecule has 1 aliphatic heterocycles. The molecule has 1 aliphatic rings. The number of hydrogen-bond donors (Lipinski definition) is 0. The monoisotopic (exact) mass is 358 g/mol. The highest BCUT2D eigenvalue weighted by molar-refractivity contribution is 5.95. The van der Waals surface area contributed by atoms with E-state index in [1.807, 2.05) is 44.7 Å². The smallest absolute Gasteiger partial charge is 0.257 e. The number of carbonyl (C=O) groups is 1. The third-order valence-electron chi connectivity index (χ3n) is 4.63. The zero-order valence-electron chi connectivity index (χ0n) is 16.1. The van der Waals surface area contributed by atoms with E-state index in [4.69, 9.17) is 4.52 Å². The molecular weight excluding hydrogens is 332 g/mol. The zero-order valence-corrected chi connectivity index (χ0v) is 16.1. The molecule has 3 heterocycles. The first-order chi connectivity index (χ1) is 12.4. The van der Waals surface area contributed by atoms with Crippen molar-refractivity contribution < 1.29 is 9.32 Å². The van der Waals surface area contributed by atoms with Crippen molar-refractivity contribution in [1.29, 1.82) is 0 Å². The van der Waals surface area contributed by atoms with Crippen LogP contribution in [0, 0.1) is 6.92 Å². The van der Waals surface area contributed by atoms with Gasteiger partial charge in [-0.05, 0) is 19.8 Å². The van der Waals surface area contributed by atoms with Crippen molar-refractivity contribution in [3.8, 4) is 0 Å². The molecule has 1 atom stereocenters. The van der Waals surface area contributed by atoms with E-state index in [0.717, 1.165) is 19.4 Å². The third-order valence-corrected chi connectivity index (χ3v) is 4.63. The van der Waals surface area contributed by atoms with Crippen molar-refractivity contribution in [3.05, 3.63) is 29.2 Å². The number of piperidine rings is 1. The number of aromatic nitrogens is 4. The van der Waals surface area contributed by atoms with E-state index in [9.17, 15) is 4.79 Å². The second-order valence-electron chi connectivity index (χ2n) is 7.30. The number of rotatable bonds is 4. The SMILES string of the molecule is Cc1nc(N(C)C)ncc1C(=O)N1CCCC(c2nc(C(C)C)no2)C1. The Labute approximate surface area is 153 Å². The van der Waals surface area contributed by atoms with Crippen LogP contribution in [0.2, 0.25) is 0 Å². The Morgan fingerprint density at radius 1 is 1.35 bits per heavy atom. The van der Waals surface area contributed by atoms with Crippen LogP contribution in [0.5, 0.6) is 0 Å². The van der Waals surface area contributed by atoms with E-state index in [0.29, 0.717) is 35.5 Å². The van der Waals surface area contributed by atoms with E-state index in [1.54, 1.807) is 6.20 Å². The van der Waals surface area contributed by atoms with Gasteiger partial charge in [0.15, 0.2) is 5.82 Å². The highest BCUT2D eigenvalue weighted by Gasteiger charge is 2.30. The molecule has 0 aliphatic carbocycles. The number of nitrogens with zero attached hydrogens (tertiary/aromatic N) is 6. The molecule has 26 heavy (non-hydrogen) atoms. The standard InChI is InChI=1S/C18H26N6O2/c1-11(2)15-21-16(26-22-15)13-7-6-8-24(10-13)17(25)14-9-19-18(23(4)5)20-12(14)3/h9,11,13H,6-8,10H2,1-5H3. The van der Waals surface area contributed by atoms with Crippen LogP contribution in [-0.4, -0.2) is 58.1 Å². The van der Waals surface area contributed by atoms with Gasteiger partial charge in [0.2, 0.25) is 11.8 Å². The summed E-state index contributed by atoms with van der Waals surface area (Å²) in [6.07, 6.45) is 3.47. The van der Waals surface area contributed by atoms with Gasteiger partial charge in [0, 0.05) is 39.3 Å². The Hall–Kier alpha value is -2.51. The number of carbonyl (C=O) groups excluding carboxylic acids is 1. The molecule has 0 bridgehead atoms. The second kappa shape index (κ2) is 7.39. The van der Waals surface area contributed by atoms with E-state index in [1.165, 1.54) is 0 Å². The molecule has 8 heteroatoms. The molecule has 3 rings (SSSR count). The number of likely N-dealkylation sites (tertiary alicyclic amines) is 1. The normalized spacial score (nSPS) is 17.6. The Morgan fingerprint density at radius 3 is 2.73 bits per heavy atom. The van der Waals surface area contributed by atoms with Crippen molar-refractivity contribution >= 4 is 11.9 Å². The van der Waals surface area contributed by atoms with Gasteiger partial charge in [0.1, 0.15) is 0 Å². The molecule has 0 radical (unpaired) electrons. The average Bonchev–Trinajstić information content (AvgIpc) is 3.11. The topological polar surface area (TPSA) is 88.3 Å². The number of anilines is 1. The van der Waals surface area contributed by atoms with Crippen LogP contribution in [0.3, 0.4) is 0 Å². The van der Waals surface area contributed by atoms with E-state index < -0.39 is 0 Å². The molecule has 0 saturated carbocycles. The maximum absolute atomic E-state index is 13.0. The van der Waals surface area contributed by atoms with Crippen molar-refractivity contribution in [2.24, 2.45) is 0 Å². The van der Waals surface area contributed by atoms with Gasteiger partial charge >= 0.3 is 0 Å². The number of amides is 1. The van der Waals surface area contributed by atoms with Gasteiger partial charge in [0.25, 0.3) is 5.91 Å². The van der Waals surface area contributed by atoms with Gasteiger partial charge in [-0.1, -0.05) is 19.0 Å². The Balaban J connectivity index is 1.75. The van der Waals surface area contributed by atoms with Gasteiger partial charge in [-0.2, -0.15) is 4.98 Å². The summed E-state index contributed by atoms with van der Waals surface area (Å²) in [4.78, 5) is 29.8. The lowest BCUT2D eigenvalue weighted by atomic mass is 9.97. The van der Waals surface area contributed by atoms with Crippen molar-refractivity contribution in [2.75, 3.05) is 32.1 Å². The van der Waals surface area contributed by atoms with Crippen molar-refractivity contribution in [2.45, 2.75) is 45.4 Å². The minimum Gasteiger partial charge on any atom is -0.347 e. The summed E-state index contributed by atoms with van der Waals surface area (Å²) in [5, 5.41) is 4.05. The summed E-state index contributed by atoms with van der Waals surface area (Å²) in [7, 11) is 3.75. The number of hydrogen-bond acceptors (Lipinski definition) is 7. The predicted octanol–water partition coefficient (Wildman–Crippen LogP) is 2.38. The molecule has 1 unspecified atom stereocenters. The van der Waals surface area contributed by atoms with Crippen molar-refractivity contribution in [1.82, 2.24) is 25.0 Å². The minimum atomic E-state index is -0.0406. The lowest BCUT2D eigenvalue weighted by Crippen LogP contribution is -2.39. The molecule has 1 saturated heterocycles. The lowest BCUT2D eigenvalue weighted by molar-refractivity contribution is 0.0694. The summed E-state index contributed by atoms with van der Waals surface area (Å²) >= 11 is 0. The Kier molecular flexibility index (Phi) is 5.20. The molecule has 0 spiro atoms. The third kappa shape index (κ3) is 3.68. The first kappa shape index (κ1) is 18.3. The fourth-order valence-electron chi connectivity index (χ4n) is 3.06. The van der Waals surface area contributed by atoms with E-state index in [-0.39, 0.29) is 17.7 Å². The molecule has 0 N–H and O–H groups in total. The van der Waals surface area contributed by atoms with Crippen molar-refractivity contribution in [3.63, 3.8) is 0 Å². The molecule has 2 aromatic rings. The summed E-state index contributed by atoms with van der Waals surface area (Å²) in [5.74, 6) is 2.21. The fraction of sp³-hybridized carbons (Fsp3) is 0.611. The molecule has 140 valence electrons. The zero-order chi connectivity index (χ0) is 18.8. The maximum atomic E-state index is 13.0. The van der Waals surface area contributed by atoms with Crippen LogP contribution in [0.4, 0.5) is 5.95 Å². The van der Waals surface area contributed by atoms with Gasteiger partial charge in [-0.15, -0.1) is 0 Å². The Bertz CT molecular complexity index is 786. The summed E-state index contributed by atoms with van der Waals surface area (Å²) in [6, 6.07) is 0. The average molecular weight is 358 g/mol. The first-order valence-electron chi connectivity index (χ1n) is 9.00. The molecular formula is C18H26N6O2. The molecule has 0 aromatic carbocycles. The maximum Gasteiger partial charge on any atom is 0.257 e. The van der Waals surface area contributed by atoms with Gasteiger partial charge in [0.05, 0.1) is 17.2 Å². The fourth-order valence-corrected chi connectivity index (χ4v) is 3.06. The van der Waals surface area contributed by atoms with E-state index in [2.05, 4.69) is 20.1 Å². The minimum absolute atomic E-state index is 0.0406. The molecule has 8 nitrogen and oxygen atoms in total. The number of aryl methyl sites for hydroxylation is 1. The van der Waals surface area contributed by atoms with Crippen LogP contribution in [0.15, 0.2) is 10.7 Å². The van der Waals surface area contributed by atoms with Gasteiger partial charge < -0.3 is 14.3 Å². The van der Waals surface area contributed by atoms with Gasteiger partial charge in [-0.25, -0.2) is 9.97 Å². The highest BCUT2D eigenvalue weighted by Crippen LogP contribution is 2.28. The molecule has 1 amide bonds. The molecule has 2 aromatic heterocycles. The van der Waals surface area contributed by atoms with Crippen LogP contribution in [0.1, 0.15) is 66.3 Å². The van der Waals surface area contributed by atoms with Crippen LogP contribution < -0.4 is 4.90 Å². The summed E-state index contributed by atoms with van der Waals surface area (Å²) < 4.78 is 5.44. The largest absolute Gasteiger partial charge is 0.347 e. The van der Waals surface area contributed by atoms with Crippen LogP contribution in [-0.2, 0) is 0 Å². The quantitative estimate of drug-likeness (QED) is 0.829. The molecule has 1 fully saturated rings. The van der Waals surface area contributed by atoms with E-state index >= 15 is 0 Å². The Morgan fingerprint density at radius 2 is 2.12 bits per heavy atom. The van der Waals surface area contributed by atoms with Crippen LogP contribution in [0.25, 0.3) is 0 Å². The summed E-state index contributed by atoms with van der Waals surface area (Å²) in [5.41, 5.74) is 1.24. The van der Waals surface area contributed by atoms with Crippen LogP contribution >= 0.6 is 0 Å². The predicted molar refractivity (Wildman–Crippen MR) is 97.4 cm³/mol. The highest BCUT2D eigenvalue weighted by atomic mass is 16.5. The van der Waals surface area contributed by atoms with Gasteiger partial charge in [-0.3, -0.25) is 4.79 Å². The summed E-state index contributed by atoms with van der Waals surface area (Å²) in [6.45, 7) is 7.20.